The van der Waals surface area contributed by atoms with Crippen molar-refractivity contribution in [3.8, 4) is 11.5 Å². The first-order valence-corrected chi connectivity index (χ1v) is 11.0. The van der Waals surface area contributed by atoms with Crippen LogP contribution in [-0.4, -0.2) is 72.0 Å². The molecule has 2 aromatic rings. The topological polar surface area (TPSA) is 86.0 Å². The van der Waals surface area contributed by atoms with E-state index in [9.17, 15) is 4.79 Å². The van der Waals surface area contributed by atoms with Crippen LogP contribution in [0.5, 0.6) is 0 Å². The van der Waals surface area contributed by atoms with Crippen LogP contribution < -0.4 is 10.6 Å². The number of piperazine rings is 1. The molecule has 9 heteroatoms. The molecule has 0 unspecified atom stereocenters. The van der Waals surface area contributed by atoms with E-state index < -0.39 is 0 Å². The lowest BCUT2D eigenvalue weighted by atomic mass is 10.1. The number of oxazole rings is 1. The van der Waals surface area contributed by atoms with Crippen LogP contribution in [0.15, 0.2) is 39.9 Å². The molecule has 1 aliphatic heterocycles. The minimum absolute atomic E-state index is 0. The third kappa shape index (κ3) is 7.77. The van der Waals surface area contributed by atoms with E-state index in [2.05, 4.69) is 39.3 Å². The van der Waals surface area contributed by atoms with Crippen molar-refractivity contribution < 1.29 is 9.21 Å². The van der Waals surface area contributed by atoms with Crippen molar-refractivity contribution in [3.63, 3.8) is 0 Å². The van der Waals surface area contributed by atoms with Gasteiger partial charge in [-0.05, 0) is 39.8 Å². The molecule has 1 amide bonds. The van der Waals surface area contributed by atoms with E-state index in [1.165, 1.54) is 5.56 Å². The Balaban J connectivity index is 0.00000363. The smallest absolute Gasteiger partial charge is 0.234 e. The summed E-state index contributed by atoms with van der Waals surface area (Å²) < 4.78 is 5.65. The molecule has 1 saturated heterocycles. The van der Waals surface area contributed by atoms with Gasteiger partial charge in [-0.2, -0.15) is 0 Å². The second-order valence-corrected chi connectivity index (χ2v) is 8.17. The first-order valence-electron chi connectivity index (χ1n) is 11.0. The van der Waals surface area contributed by atoms with Gasteiger partial charge in [0.15, 0.2) is 5.96 Å². The van der Waals surface area contributed by atoms with Gasteiger partial charge in [0, 0.05) is 44.3 Å². The predicted molar refractivity (Wildman–Crippen MR) is 138 cm³/mol. The van der Waals surface area contributed by atoms with Gasteiger partial charge in [0.2, 0.25) is 11.8 Å². The zero-order valence-electron chi connectivity index (χ0n) is 19.4. The van der Waals surface area contributed by atoms with Gasteiger partial charge in [0.1, 0.15) is 12.0 Å². The Morgan fingerprint density at radius 1 is 1.19 bits per heavy atom. The molecule has 2 heterocycles. The summed E-state index contributed by atoms with van der Waals surface area (Å²) in [5.41, 5.74) is 2.97. The number of rotatable bonds is 7. The summed E-state index contributed by atoms with van der Waals surface area (Å²) >= 11 is 0. The molecule has 1 aliphatic rings. The molecule has 0 atom stereocenters. The van der Waals surface area contributed by atoms with E-state index >= 15 is 0 Å². The van der Waals surface area contributed by atoms with Crippen LogP contribution in [0, 0.1) is 6.92 Å². The van der Waals surface area contributed by atoms with E-state index in [4.69, 9.17) is 9.41 Å². The molecule has 0 bridgehead atoms. The molecule has 1 aromatic carbocycles. The van der Waals surface area contributed by atoms with Crippen molar-refractivity contribution in [2.45, 2.75) is 40.3 Å². The summed E-state index contributed by atoms with van der Waals surface area (Å²) in [4.78, 5) is 25.8. The fraction of sp³-hybridized carbons (Fsp3) is 0.522. The lowest BCUT2D eigenvalue weighted by Crippen LogP contribution is -2.54. The molecule has 8 nitrogen and oxygen atoms in total. The quantitative estimate of drug-likeness (QED) is 0.311. The summed E-state index contributed by atoms with van der Waals surface area (Å²) in [7, 11) is 0. The predicted octanol–water partition coefficient (Wildman–Crippen LogP) is 2.88. The number of carbonyl (C=O) groups is 1. The molecule has 0 saturated carbocycles. The largest absolute Gasteiger partial charge is 0.444 e. The highest BCUT2D eigenvalue weighted by Crippen LogP contribution is 2.19. The number of aryl methyl sites for hydroxylation is 1. The summed E-state index contributed by atoms with van der Waals surface area (Å²) in [5, 5.41) is 6.32. The van der Waals surface area contributed by atoms with E-state index in [0.29, 0.717) is 19.0 Å². The number of guanidine groups is 1. The Hall–Kier alpha value is -2.14. The molecule has 0 radical (unpaired) electrons. The Morgan fingerprint density at radius 2 is 1.88 bits per heavy atom. The van der Waals surface area contributed by atoms with Crippen LogP contribution in [0.3, 0.4) is 0 Å². The normalized spacial score (nSPS) is 14.9. The van der Waals surface area contributed by atoms with Crippen LogP contribution in [0.4, 0.5) is 0 Å². The number of hydrogen-bond donors (Lipinski definition) is 2. The van der Waals surface area contributed by atoms with Crippen LogP contribution in [0.1, 0.15) is 32.0 Å². The highest BCUT2D eigenvalue weighted by molar-refractivity contribution is 14.0. The standard InChI is InChI=1S/C23H34N6O2.HI/c1-5-24-23(29-12-10-28(11-13-29)15-21(30)26-17(2)3)25-14-20-16-31-22(27-20)19-8-6-18(4)7-9-19;/h6-9,16-17H,5,10-15H2,1-4H3,(H,24,25)(H,26,30);1H. The maximum atomic E-state index is 12.0. The molecule has 32 heavy (non-hydrogen) atoms. The molecule has 1 fully saturated rings. The van der Waals surface area contributed by atoms with Crippen molar-refractivity contribution in [1.82, 2.24) is 25.4 Å². The second-order valence-electron chi connectivity index (χ2n) is 8.17. The Bertz CT molecular complexity index is 873. The van der Waals surface area contributed by atoms with Crippen molar-refractivity contribution in [3.05, 3.63) is 41.8 Å². The lowest BCUT2D eigenvalue weighted by Gasteiger charge is -2.36. The van der Waals surface area contributed by atoms with E-state index in [1.54, 1.807) is 6.26 Å². The minimum Gasteiger partial charge on any atom is -0.444 e. The monoisotopic (exact) mass is 554 g/mol. The first-order chi connectivity index (χ1) is 14.9. The van der Waals surface area contributed by atoms with E-state index in [1.807, 2.05) is 38.1 Å². The Kier molecular flexibility index (Phi) is 10.4. The Labute approximate surface area is 207 Å². The third-order valence-electron chi connectivity index (χ3n) is 5.06. The van der Waals surface area contributed by atoms with Crippen molar-refractivity contribution in [1.29, 1.82) is 0 Å². The van der Waals surface area contributed by atoms with E-state index in [-0.39, 0.29) is 35.9 Å². The summed E-state index contributed by atoms with van der Waals surface area (Å²) in [6.07, 6.45) is 1.67. The molecular weight excluding hydrogens is 519 g/mol. The summed E-state index contributed by atoms with van der Waals surface area (Å²) in [5.74, 6) is 1.57. The number of carbonyl (C=O) groups excluding carboxylic acids is 1. The number of benzene rings is 1. The highest BCUT2D eigenvalue weighted by Gasteiger charge is 2.21. The van der Waals surface area contributed by atoms with Crippen molar-refractivity contribution in [2.75, 3.05) is 39.3 Å². The number of aromatic nitrogens is 1. The van der Waals surface area contributed by atoms with Crippen LogP contribution >= 0.6 is 24.0 Å². The summed E-state index contributed by atoms with van der Waals surface area (Å²) in [6, 6.07) is 8.29. The molecule has 176 valence electrons. The van der Waals surface area contributed by atoms with Crippen molar-refractivity contribution >= 4 is 35.8 Å². The van der Waals surface area contributed by atoms with E-state index in [0.717, 1.165) is 49.9 Å². The average Bonchev–Trinajstić information content (AvgIpc) is 3.21. The molecule has 0 spiro atoms. The summed E-state index contributed by atoms with van der Waals surface area (Å²) in [6.45, 7) is 13.1. The number of nitrogens with zero attached hydrogens (tertiary/aromatic N) is 4. The number of nitrogens with one attached hydrogen (secondary N) is 2. The number of aliphatic imine (C=N–C) groups is 1. The van der Waals surface area contributed by atoms with Gasteiger partial charge in [-0.25, -0.2) is 9.98 Å². The Morgan fingerprint density at radius 3 is 2.50 bits per heavy atom. The van der Waals surface area contributed by atoms with Gasteiger partial charge in [0.05, 0.1) is 13.1 Å². The van der Waals surface area contributed by atoms with Crippen LogP contribution in [0.2, 0.25) is 0 Å². The van der Waals surface area contributed by atoms with Gasteiger partial charge >= 0.3 is 0 Å². The number of hydrogen-bond acceptors (Lipinski definition) is 5. The fourth-order valence-corrected chi connectivity index (χ4v) is 3.48. The van der Waals surface area contributed by atoms with Gasteiger partial charge in [-0.3, -0.25) is 9.69 Å². The fourth-order valence-electron chi connectivity index (χ4n) is 3.48. The second kappa shape index (κ2) is 12.8. The van der Waals surface area contributed by atoms with Gasteiger partial charge in [0.25, 0.3) is 0 Å². The number of amides is 1. The van der Waals surface area contributed by atoms with Crippen LogP contribution in [-0.2, 0) is 11.3 Å². The first kappa shape index (κ1) is 26.1. The molecule has 0 aliphatic carbocycles. The SMILES string of the molecule is CCNC(=NCc1coc(-c2ccc(C)cc2)n1)N1CCN(CC(=O)NC(C)C)CC1.I. The van der Waals surface area contributed by atoms with Crippen LogP contribution in [0.25, 0.3) is 11.5 Å². The zero-order chi connectivity index (χ0) is 22.2. The zero-order valence-corrected chi connectivity index (χ0v) is 21.8. The lowest BCUT2D eigenvalue weighted by molar-refractivity contribution is -0.123. The maximum Gasteiger partial charge on any atom is 0.234 e. The number of halogens is 1. The molecule has 2 N–H and O–H groups in total. The average molecular weight is 554 g/mol. The molecule has 3 rings (SSSR count). The van der Waals surface area contributed by atoms with Gasteiger partial charge in [-0.1, -0.05) is 17.7 Å². The maximum absolute atomic E-state index is 12.0. The van der Waals surface area contributed by atoms with Gasteiger partial charge in [-0.15, -0.1) is 24.0 Å². The third-order valence-corrected chi connectivity index (χ3v) is 5.06. The van der Waals surface area contributed by atoms with Crippen molar-refractivity contribution in [2.24, 2.45) is 4.99 Å². The minimum atomic E-state index is 0. The van der Waals surface area contributed by atoms with Gasteiger partial charge < -0.3 is 20.0 Å². The highest BCUT2D eigenvalue weighted by atomic mass is 127. The molecular formula is C23H35IN6O2. The molecule has 1 aromatic heterocycles.